The highest BCUT2D eigenvalue weighted by Gasteiger charge is 2.02. The van der Waals surface area contributed by atoms with Crippen molar-refractivity contribution >= 4 is 12.1 Å². The summed E-state index contributed by atoms with van der Waals surface area (Å²) in [7, 11) is 0. The number of hydrazone groups is 1. The number of rotatable bonds is 4. The fourth-order valence-electron chi connectivity index (χ4n) is 1.36. The highest BCUT2D eigenvalue weighted by atomic mass is 16.4. The molecule has 1 aromatic heterocycles. The lowest BCUT2D eigenvalue weighted by atomic mass is 10.2. The summed E-state index contributed by atoms with van der Waals surface area (Å²) in [6, 6.07) is 12.1. The van der Waals surface area contributed by atoms with Crippen LogP contribution in [0.4, 0.5) is 0 Å². The van der Waals surface area contributed by atoms with Crippen LogP contribution in [-0.2, 0) is 6.61 Å². The Morgan fingerprint density at radius 2 is 2.06 bits per heavy atom. The number of hydrogen-bond acceptors (Lipinski definition) is 4. The molecule has 0 bridgehead atoms. The Morgan fingerprint density at radius 1 is 1.28 bits per heavy atom. The Morgan fingerprint density at radius 3 is 2.72 bits per heavy atom. The maximum absolute atomic E-state index is 11.6. The predicted molar refractivity (Wildman–Crippen MR) is 66.1 cm³/mol. The van der Waals surface area contributed by atoms with Crippen molar-refractivity contribution in [1.82, 2.24) is 5.43 Å². The summed E-state index contributed by atoms with van der Waals surface area (Å²) in [6.07, 6.45) is 1.38. The molecule has 0 aliphatic heterocycles. The molecule has 2 N–H and O–H groups in total. The summed E-state index contributed by atoms with van der Waals surface area (Å²) in [6.45, 7) is -0.162. The third kappa shape index (κ3) is 3.05. The van der Waals surface area contributed by atoms with Crippen molar-refractivity contribution in [3.63, 3.8) is 0 Å². The van der Waals surface area contributed by atoms with Gasteiger partial charge in [-0.1, -0.05) is 18.2 Å². The van der Waals surface area contributed by atoms with Crippen molar-refractivity contribution in [2.75, 3.05) is 0 Å². The second kappa shape index (κ2) is 5.79. The van der Waals surface area contributed by atoms with Crippen LogP contribution in [0.5, 0.6) is 0 Å². The van der Waals surface area contributed by atoms with Gasteiger partial charge in [-0.15, -0.1) is 0 Å². The molecule has 1 amide bonds. The van der Waals surface area contributed by atoms with Crippen molar-refractivity contribution in [2.45, 2.75) is 6.61 Å². The molecule has 0 saturated carbocycles. The van der Waals surface area contributed by atoms with E-state index in [1.165, 1.54) is 6.21 Å². The van der Waals surface area contributed by atoms with Crippen LogP contribution in [0.1, 0.15) is 21.9 Å². The Kier molecular flexibility index (Phi) is 3.88. The quantitative estimate of drug-likeness (QED) is 0.632. The molecule has 0 unspecified atom stereocenters. The first-order chi connectivity index (χ1) is 8.79. The summed E-state index contributed by atoms with van der Waals surface area (Å²) in [5.74, 6) is 0.624. The van der Waals surface area contributed by atoms with Crippen molar-refractivity contribution in [1.29, 1.82) is 0 Å². The van der Waals surface area contributed by atoms with Crippen molar-refractivity contribution in [2.24, 2.45) is 5.10 Å². The van der Waals surface area contributed by atoms with E-state index in [-0.39, 0.29) is 12.5 Å². The number of carbonyl (C=O) groups excluding carboxylic acids is 1. The maximum atomic E-state index is 11.6. The van der Waals surface area contributed by atoms with E-state index in [1.807, 2.05) is 6.07 Å². The van der Waals surface area contributed by atoms with Crippen LogP contribution in [0.2, 0.25) is 0 Å². The summed E-state index contributed by atoms with van der Waals surface area (Å²) in [5.41, 5.74) is 2.92. The van der Waals surface area contributed by atoms with Crippen LogP contribution in [-0.4, -0.2) is 17.2 Å². The molecule has 2 rings (SSSR count). The molecule has 1 aromatic carbocycles. The second-order valence-electron chi connectivity index (χ2n) is 3.53. The van der Waals surface area contributed by atoms with Crippen LogP contribution >= 0.6 is 0 Å². The van der Waals surface area contributed by atoms with Crippen LogP contribution < -0.4 is 5.43 Å². The maximum Gasteiger partial charge on any atom is 0.271 e. The van der Waals surface area contributed by atoms with Gasteiger partial charge in [-0.25, -0.2) is 5.43 Å². The molecule has 0 aliphatic carbocycles. The second-order valence-corrected chi connectivity index (χ2v) is 3.53. The summed E-state index contributed by atoms with van der Waals surface area (Å²) in [5, 5.41) is 12.6. The molecule has 0 saturated heterocycles. The molecule has 18 heavy (non-hydrogen) atoms. The van der Waals surface area contributed by atoms with E-state index >= 15 is 0 Å². The summed E-state index contributed by atoms with van der Waals surface area (Å²) < 4.78 is 5.17. The van der Waals surface area contributed by atoms with Crippen LogP contribution in [0.3, 0.4) is 0 Å². The molecular weight excluding hydrogens is 232 g/mol. The van der Waals surface area contributed by atoms with Gasteiger partial charge in [-0.3, -0.25) is 4.79 Å². The molecule has 0 aliphatic rings. The molecular formula is C13H12N2O3. The Balaban J connectivity index is 1.93. The predicted octanol–water partition coefficient (Wildman–Crippen LogP) is 1.54. The normalized spacial score (nSPS) is 10.7. The standard InChI is InChI=1S/C13H12N2O3/c16-9-12-7-6-11(18-12)8-14-15-13(17)10-4-2-1-3-5-10/h1-8,16H,9H2,(H,15,17). The minimum absolute atomic E-state index is 0.162. The van der Waals surface area contributed by atoms with Gasteiger partial charge in [0.1, 0.15) is 18.1 Å². The average Bonchev–Trinajstić information content (AvgIpc) is 2.87. The fraction of sp³-hybridized carbons (Fsp3) is 0.0769. The van der Waals surface area contributed by atoms with Gasteiger partial charge in [0.25, 0.3) is 5.91 Å². The molecule has 0 spiro atoms. The van der Waals surface area contributed by atoms with Gasteiger partial charge in [0.2, 0.25) is 0 Å². The van der Waals surface area contributed by atoms with Gasteiger partial charge in [-0.2, -0.15) is 5.10 Å². The monoisotopic (exact) mass is 244 g/mol. The zero-order chi connectivity index (χ0) is 12.8. The zero-order valence-corrected chi connectivity index (χ0v) is 9.54. The molecule has 5 nitrogen and oxygen atoms in total. The van der Waals surface area contributed by atoms with E-state index in [9.17, 15) is 4.79 Å². The first-order valence-corrected chi connectivity index (χ1v) is 5.37. The van der Waals surface area contributed by atoms with E-state index in [0.717, 1.165) is 0 Å². The lowest BCUT2D eigenvalue weighted by molar-refractivity contribution is 0.0955. The van der Waals surface area contributed by atoms with Gasteiger partial charge in [0, 0.05) is 5.56 Å². The number of benzene rings is 1. The Labute approximate surface area is 104 Å². The van der Waals surface area contributed by atoms with E-state index in [0.29, 0.717) is 17.1 Å². The number of aliphatic hydroxyl groups excluding tert-OH is 1. The number of carbonyl (C=O) groups is 1. The van der Waals surface area contributed by atoms with E-state index in [2.05, 4.69) is 10.5 Å². The molecule has 2 aromatic rings. The number of aliphatic hydroxyl groups is 1. The Bertz CT molecular complexity index is 546. The fourth-order valence-corrected chi connectivity index (χ4v) is 1.36. The smallest absolute Gasteiger partial charge is 0.271 e. The molecule has 1 heterocycles. The van der Waals surface area contributed by atoms with E-state index in [1.54, 1.807) is 36.4 Å². The van der Waals surface area contributed by atoms with Crippen molar-refractivity contribution in [3.05, 3.63) is 59.5 Å². The number of furan rings is 1. The molecule has 0 fully saturated rings. The summed E-state index contributed by atoms with van der Waals surface area (Å²) >= 11 is 0. The number of nitrogens with zero attached hydrogens (tertiary/aromatic N) is 1. The lowest BCUT2D eigenvalue weighted by Gasteiger charge is -1.97. The highest BCUT2D eigenvalue weighted by Crippen LogP contribution is 2.04. The summed E-state index contributed by atoms with van der Waals surface area (Å²) in [4.78, 5) is 11.6. The van der Waals surface area contributed by atoms with Crippen LogP contribution in [0.25, 0.3) is 0 Å². The molecule has 0 radical (unpaired) electrons. The minimum atomic E-state index is -0.291. The van der Waals surface area contributed by atoms with Gasteiger partial charge in [0.15, 0.2) is 0 Å². The third-order valence-corrected chi connectivity index (χ3v) is 2.23. The minimum Gasteiger partial charge on any atom is -0.458 e. The first-order valence-electron chi connectivity index (χ1n) is 5.37. The van der Waals surface area contributed by atoms with Crippen molar-refractivity contribution in [3.8, 4) is 0 Å². The van der Waals surface area contributed by atoms with E-state index < -0.39 is 0 Å². The van der Waals surface area contributed by atoms with E-state index in [4.69, 9.17) is 9.52 Å². The first kappa shape index (κ1) is 12.1. The third-order valence-electron chi connectivity index (χ3n) is 2.23. The van der Waals surface area contributed by atoms with Gasteiger partial charge in [-0.05, 0) is 24.3 Å². The largest absolute Gasteiger partial charge is 0.458 e. The topological polar surface area (TPSA) is 74.8 Å². The number of nitrogens with one attached hydrogen (secondary N) is 1. The average molecular weight is 244 g/mol. The lowest BCUT2D eigenvalue weighted by Crippen LogP contribution is -2.17. The number of hydrogen-bond donors (Lipinski definition) is 2. The molecule has 92 valence electrons. The molecule has 5 heteroatoms. The van der Waals surface area contributed by atoms with Gasteiger partial charge >= 0.3 is 0 Å². The zero-order valence-electron chi connectivity index (χ0n) is 9.54. The van der Waals surface area contributed by atoms with Crippen LogP contribution in [0, 0.1) is 0 Å². The van der Waals surface area contributed by atoms with Gasteiger partial charge < -0.3 is 9.52 Å². The SMILES string of the molecule is O=C(NN=Cc1ccc(CO)o1)c1ccccc1. The number of amides is 1. The van der Waals surface area contributed by atoms with Crippen molar-refractivity contribution < 1.29 is 14.3 Å². The Hall–Kier alpha value is -2.40. The van der Waals surface area contributed by atoms with Gasteiger partial charge in [0.05, 0.1) is 6.21 Å². The highest BCUT2D eigenvalue weighted by molar-refractivity contribution is 5.94. The molecule has 0 atom stereocenters. The van der Waals surface area contributed by atoms with Crippen LogP contribution in [0.15, 0.2) is 52.0 Å².